The molecule has 6 nitrogen and oxygen atoms in total. The predicted molar refractivity (Wildman–Crippen MR) is 113 cm³/mol. The summed E-state index contributed by atoms with van der Waals surface area (Å²) in [6.07, 6.45) is 3.94. The maximum absolute atomic E-state index is 12.6. The third-order valence-corrected chi connectivity index (χ3v) is 4.72. The zero-order valence-electron chi connectivity index (χ0n) is 16.7. The minimum atomic E-state index is 0.0950. The molecule has 0 bridgehead atoms. The molecule has 2 rings (SSSR count). The fourth-order valence-corrected chi connectivity index (χ4v) is 3.14. The second-order valence-corrected chi connectivity index (χ2v) is 6.73. The summed E-state index contributed by atoms with van der Waals surface area (Å²) in [4.78, 5) is 23.4. The zero-order valence-corrected chi connectivity index (χ0v) is 16.7. The van der Waals surface area contributed by atoms with E-state index in [-0.39, 0.29) is 12.5 Å². The molecule has 1 saturated heterocycles. The van der Waals surface area contributed by atoms with Crippen molar-refractivity contribution in [3.8, 4) is 0 Å². The molecular weight excluding hydrogens is 338 g/mol. The Morgan fingerprint density at radius 1 is 1.26 bits per heavy atom. The van der Waals surface area contributed by atoms with Gasteiger partial charge in [0.25, 0.3) is 0 Å². The van der Waals surface area contributed by atoms with Crippen molar-refractivity contribution in [1.82, 2.24) is 15.1 Å². The van der Waals surface area contributed by atoms with Crippen molar-refractivity contribution in [3.63, 3.8) is 0 Å². The number of hydrogen-bond donors (Lipinski definition) is 1. The lowest BCUT2D eigenvalue weighted by atomic mass is 10.2. The van der Waals surface area contributed by atoms with E-state index in [1.807, 2.05) is 31.0 Å². The van der Waals surface area contributed by atoms with Gasteiger partial charge in [0.15, 0.2) is 5.96 Å². The molecule has 1 N–H and O–H groups in total. The van der Waals surface area contributed by atoms with Crippen molar-refractivity contribution in [1.29, 1.82) is 0 Å². The highest BCUT2D eigenvalue weighted by molar-refractivity contribution is 5.85. The van der Waals surface area contributed by atoms with Crippen LogP contribution in [0.4, 0.5) is 5.69 Å². The van der Waals surface area contributed by atoms with Crippen molar-refractivity contribution >= 4 is 17.6 Å². The summed E-state index contributed by atoms with van der Waals surface area (Å²) in [5.41, 5.74) is 1.22. The second-order valence-electron chi connectivity index (χ2n) is 6.73. The topological polar surface area (TPSA) is 51.2 Å². The predicted octanol–water partition coefficient (Wildman–Crippen LogP) is 2.20. The van der Waals surface area contributed by atoms with Gasteiger partial charge in [-0.2, -0.15) is 0 Å². The summed E-state index contributed by atoms with van der Waals surface area (Å²) in [7, 11) is 2.01. The fraction of sp³-hybridized carbons (Fsp3) is 0.524. The van der Waals surface area contributed by atoms with Gasteiger partial charge in [-0.1, -0.05) is 24.3 Å². The molecule has 0 unspecified atom stereocenters. The highest BCUT2D eigenvalue weighted by Gasteiger charge is 2.21. The number of anilines is 1. The first-order valence-electron chi connectivity index (χ1n) is 9.83. The average molecular weight is 372 g/mol. The van der Waals surface area contributed by atoms with Crippen LogP contribution in [0.15, 0.2) is 48.0 Å². The molecular formula is C21H33N5O. The number of carbonyl (C=O) groups is 1. The Kier molecular flexibility index (Phi) is 8.68. The summed E-state index contributed by atoms with van der Waals surface area (Å²) in [6.45, 7) is 10.9. The van der Waals surface area contributed by atoms with E-state index in [0.717, 1.165) is 58.1 Å². The number of allylic oxidation sites excluding steroid dienone is 1. The number of unbranched alkanes of at least 4 members (excludes halogenated alkanes) is 1. The van der Waals surface area contributed by atoms with E-state index in [2.05, 4.69) is 51.0 Å². The molecule has 1 amide bonds. The van der Waals surface area contributed by atoms with Crippen molar-refractivity contribution in [2.24, 2.45) is 4.99 Å². The van der Waals surface area contributed by atoms with Gasteiger partial charge in [-0.05, 0) is 31.9 Å². The fourth-order valence-electron chi connectivity index (χ4n) is 3.14. The molecule has 0 radical (unpaired) electrons. The average Bonchev–Trinajstić information content (AvgIpc) is 2.71. The van der Waals surface area contributed by atoms with Gasteiger partial charge in [0, 0.05) is 52.0 Å². The third-order valence-electron chi connectivity index (χ3n) is 4.72. The number of hydrogen-bond acceptors (Lipinski definition) is 3. The van der Waals surface area contributed by atoms with Crippen LogP contribution in [-0.2, 0) is 4.79 Å². The molecule has 1 aromatic carbocycles. The summed E-state index contributed by atoms with van der Waals surface area (Å²) in [5, 5.41) is 3.27. The van der Waals surface area contributed by atoms with E-state index in [9.17, 15) is 4.79 Å². The summed E-state index contributed by atoms with van der Waals surface area (Å²) >= 11 is 0. The first kappa shape index (κ1) is 20.8. The maximum atomic E-state index is 12.6. The first-order valence-corrected chi connectivity index (χ1v) is 9.83. The van der Waals surface area contributed by atoms with E-state index >= 15 is 0 Å². The lowest BCUT2D eigenvalue weighted by molar-refractivity contribution is -0.129. The Bertz CT molecular complexity index is 608. The number of benzene rings is 1. The SMILES string of the molecule is C=CCCCN(C)C(=NCC(=O)N1CCN(c2ccccc2)CC1)NCC. The van der Waals surface area contributed by atoms with Crippen molar-refractivity contribution in [2.75, 3.05) is 57.8 Å². The number of nitrogens with one attached hydrogen (secondary N) is 1. The molecule has 0 aromatic heterocycles. The molecule has 1 aliphatic rings. The largest absolute Gasteiger partial charge is 0.368 e. The molecule has 0 saturated carbocycles. The lowest BCUT2D eigenvalue weighted by Gasteiger charge is -2.36. The van der Waals surface area contributed by atoms with Gasteiger partial charge in [0.1, 0.15) is 6.54 Å². The van der Waals surface area contributed by atoms with Crippen LogP contribution in [0.3, 0.4) is 0 Å². The molecule has 6 heteroatoms. The van der Waals surface area contributed by atoms with E-state index in [1.165, 1.54) is 5.69 Å². The van der Waals surface area contributed by atoms with Gasteiger partial charge >= 0.3 is 0 Å². The van der Waals surface area contributed by atoms with Gasteiger partial charge < -0.3 is 20.0 Å². The van der Waals surface area contributed by atoms with Gasteiger partial charge in [-0.15, -0.1) is 6.58 Å². The highest BCUT2D eigenvalue weighted by Crippen LogP contribution is 2.15. The molecule has 148 valence electrons. The number of aliphatic imine (C=N–C) groups is 1. The first-order chi connectivity index (χ1) is 13.2. The number of amides is 1. The number of piperazine rings is 1. The van der Waals surface area contributed by atoms with Crippen LogP contribution in [0, 0.1) is 0 Å². The number of para-hydroxylation sites is 1. The number of carbonyl (C=O) groups excluding carboxylic acids is 1. The lowest BCUT2D eigenvalue weighted by Crippen LogP contribution is -2.49. The van der Waals surface area contributed by atoms with Crippen molar-refractivity contribution in [3.05, 3.63) is 43.0 Å². The normalized spacial score (nSPS) is 14.8. The van der Waals surface area contributed by atoms with E-state index in [4.69, 9.17) is 0 Å². The Balaban J connectivity index is 1.84. The van der Waals surface area contributed by atoms with Gasteiger partial charge in [0.05, 0.1) is 0 Å². The van der Waals surface area contributed by atoms with Crippen LogP contribution >= 0.6 is 0 Å². The molecule has 1 heterocycles. The Morgan fingerprint density at radius 3 is 2.59 bits per heavy atom. The highest BCUT2D eigenvalue weighted by atomic mass is 16.2. The van der Waals surface area contributed by atoms with Crippen LogP contribution in [0.1, 0.15) is 19.8 Å². The summed E-state index contributed by atoms with van der Waals surface area (Å²) in [6, 6.07) is 10.4. The van der Waals surface area contributed by atoms with E-state index in [1.54, 1.807) is 0 Å². The summed E-state index contributed by atoms with van der Waals surface area (Å²) in [5.74, 6) is 0.885. The Labute approximate surface area is 163 Å². The molecule has 0 atom stereocenters. The maximum Gasteiger partial charge on any atom is 0.244 e. The second kappa shape index (κ2) is 11.3. The van der Waals surface area contributed by atoms with Crippen LogP contribution in [0.2, 0.25) is 0 Å². The van der Waals surface area contributed by atoms with Crippen LogP contribution in [-0.4, -0.2) is 74.5 Å². The van der Waals surface area contributed by atoms with Crippen LogP contribution < -0.4 is 10.2 Å². The monoisotopic (exact) mass is 371 g/mol. The van der Waals surface area contributed by atoms with E-state index in [0.29, 0.717) is 0 Å². The van der Waals surface area contributed by atoms with Gasteiger partial charge in [-0.3, -0.25) is 4.79 Å². The molecule has 1 fully saturated rings. The minimum Gasteiger partial charge on any atom is -0.368 e. The zero-order chi connectivity index (χ0) is 19.5. The van der Waals surface area contributed by atoms with Crippen LogP contribution in [0.5, 0.6) is 0 Å². The quantitative estimate of drug-likeness (QED) is 0.329. The Morgan fingerprint density at radius 2 is 1.96 bits per heavy atom. The minimum absolute atomic E-state index is 0.0950. The smallest absolute Gasteiger partial charge is 0.244 e. The molecule has 0 aliphatic carbocycles. The number of guanidine groups is 1. The van der Waals surface area contributed by atoms with Crippen molar-refractivity contribution < 1.29 is 4.79 Å². The Hall–Kier alpha value is -2.50. The van der Waals surface area contributed by atoms with Gasteiger partial charge in [0.2, 0.25) is 5.91 Å². The van der Waals surface area contributed by atoms with Gasteiger partial charge in [-0.25, -0.2) is 4.99 Å². The molecule has 1 aromatic rings. The number of rotatable bonds is 8. The third kappa shape index (κ3) is 6.62. The van der Waals surface area contributed by atoms with Crippen molar-refractivity contribution in [2.45, 2.75) is 19.8 Å². The summed E-state index contributed by atoms with van der Waals surface area (Å²) < 4.78 is 0. The van der Waals surface area contributed by atoms with E-state index < -0.39 is 0 Å². The van der Waals surface area contributed by atoms with Crippen LogP contribution in [0.25, 0.3) is 0 Å². The number of nitrogens with zero attached hydrogens (tertiary/aromatic N) is 4. The standard InChI is InChI=1S/C21H33N5O/c1-4-6-10-13-24(3)21(22-5-2)23-18-20(27)26-16-14-25(15-17-26)19-11-8-7-9-12-19/h4,7-9,11-12H,1,5-6,10,13-18H2,2-3H3,(H,22,23). The molecule has 0 spiro atoms. The molecule has 1 aliphatic heterocycles. The molecule has 27 heavy (non-hydrogen) atoms.